The first kappa shape index (κ1) is 14.5. The molecule has 2 atom stereocenters. The minimum atomic E-state index is -0.131. The highest BCUT2D eigenvalue weighted by molar-refractivity contribution is 5.78. The molecule has 0 aromatic rings. The molecule has 0 saturated heterocycles. The minimum absolute atomic E-state index is 0.131. The summed E-state index contributed by atoms with van der Waals surface area (Å²) in [7, 11) is 0. The number of aliphatic hydroxyl groups excluding tert-OH is 1. The van der Waals surface area contributed by atoms with Gasteiger partial charge in [0.2, 0.25) is 5.91 Å². The van der Waals surface area contributed by atoms with Crippen LogP contribution in [0.5, 0.6) is 0 Å². The summed E-state index contributed by atoms with van der Waals surface area (Å²) in [5, 5.41) is 12.8. The third-order valence-corrected chi connectivity index (χ3v) is 3.58. The maximum Gasteiger partial charge on any atom is 0.236 e. The molecular formula is C13H26N2O2. The quantitative estimate of drug-likeness (QED) is 0.730. The number of rotatable bonds is 6. The second-order valence-corrected chi connectivity index (χ2v) is 4.88. The SMILES string of the molecule is CCN(CC)C(=O)CNCC1CCCC(O)C1. The molecule has 1 amide bonds. The summed E-state index contributed by atoms with van der Waals surface area (Å²) in [5.74, 6) is 0.703. The van der Waals surface area contributed by atoms with E-state index in [1.165, 1.54) is 6.42 Å². The van der Waals surface area contributed by atoms with Crippen molar-refractivity contribution >= 4 is 5.91 Å². The molecule has 1 aliphatic carbocycles. The van der Waals surface area contributed by atoms with Gasteiger partial charge in [-0.2, -0.15) is 0 Å². The fraction of sp³-hybridized carbons (Fsp3) is 0.923. The van der Waals surface area contributed by atoms with E-state index in [1.54, 1.807) is 0 Å². The van der Waals surface area contributed by atoms with Crippen LogP contribution in [0.1, 0.15) is 39.5 Å². The highest BCUT2D eigenvalue weighted by Crippen LogP contribution is 2.23. The van der Waals surface area contributed by atoms with Gasteiger partial charge in [-0.3, -0.25) is 4.79 Å². The smallest absolute Gasteiger partial charge is 0.236 e. The summed E-state index contributed by atoms with van der Waals surface area (Å²) in [6, 6.07) is 0. The molecule has 17 heavy (non-hydrogen) atoms. The van der Waals surface area contributed by atoms with Gasteiger partial charge in [-0.15, -0.1) is 0 Å². The number of amides is 1. The summed E-state index contributed by atoms with van der Waals surface area (Å²) in [4.78, 5) is 13.6. The molecule has 4 heteroatoms. The monoisotopic (exact) mass is 242 g/mol. The standard InChI is InChI=1S/C13H26N2O2/c1-3-15(4-2)13(17)10-14-9-11-6-5-7-12(16)8-11/h11-12,14,16H,3-10H2,1-2H3. The first-order valence-corrected chi connectivity index (χ1v) is 6.83. The van der Waals surface area contributed by atoms with Crippen molar-refractivity contribution in [2.45, 2.75) is 45.6 Å². The topological polar surface area (TPSA) is 52.6 Å². The maximum atomic E-state index is 11.7. The molecule has 2 N–H and O–H groups in total. The van der Waals surface area contributed by atoms with Crippen LogP contribution < -0.4 is 5.32 Å². The van der Waals surface area contributed by atoms with Gasteiger partial charge in [0.25, 0.3) is 0 Å². The molecule has 0 radical (unpaired) electrons. The van der Waals surface area contributed by atoms with Crippen LogP contribution in [-0.2, 0) is 4.79 Å². The Morgan fingerprint density at radius 1 is 1.35 bits per heavy atom. The molecule has 0 aromatic carbocycles. The molecule has 1 aliphatic rings. The lowest BCUT2D eigenvalue weighted by Gasteiger charge is -2.26. The fourth-order valence-corrected chi connectivity index (χ4v) is 2.52. The molecule has 1 fully saturated rings. The summed E-state index contributed by atoms with van der Waals surface area (Å²) in [5.41, 5.74) is 0. The zero-order chi connectivity index (χ0) is 12.7. The predicted molar refractivity (Wildman–Crippen MR) is 68.8 cm³/mol. The van der Waals surface area contributed by atoms with E-state index >= 15 is 0 Å². The van der Waals surface area contributed by atoms with Gasteiger partial charge in [-0.25, -0.2) is 0 Å². The number of hydrogen-bond donors (Lipinski definition) is 2. The van der Waals surface area contributed by atoms with Gasteiger partial charge in [-0.1, -0.05) is 6.42 Å². The largest absolute Gasteiger partial charge is 0.393 e. The van der Waals surface area contributed by atoms with Crippen LogP contribution in [0.3, 0.4) is 0 Å². The summed E-state index contributed by atoms with van der Waals surface area (Å²) in [6.45, 7) is 6.83. The molecule has 0 aliphatic heterocycles. The first-order chi connectivity index (χ1) is 8.17. The van der Waals surface area contributed by atoms with Crippen LogP contribution in [0, 0.1) is 5.92 Å². The van der Waals surface area contributed by atoms with Crippen molar-refractivity contribution in [3.8, 4) is 0 Å². The van der Waals surface area contributed by atoms with E-state index in [1.807, 2.05) is 18.7 Å². The van der Waals surface area contributed by atoms with E-state index in [4.69, 9.17) is 0 Å². The van der Waals surface area contributed by atoms with Crippen LogP contribution in [0.2, 0.25) is 0 Å². The number of carbonyl (C=O) groups is 1. The lowest BCUT2D eigenvalue weighted by molar-refractivity contribution is -0.129. The van der Waals surface area contributed by atoms with Crippen molar-refractivity contribution < 1.29 is 9.90 Å². The minimum Gasteiger partial charge on any atom is -0.393 e. The molecular weight excluding hydrogens is 216 g/mol. The summed E-state index contributed by atoms with van der Waals surface area (Å²) < 4.78 is 0. The van der Waals surface area contributed by atoms with Gasteiger partial charge in [-0.05, 0) is 45.6 Å². The number of aliphatic hydroxyl groups is 1. The molecule has 4 nitrogen and oxygen atoms in total. The second-order valence-electron chi connectivity index (χ2n) is 4.88. The van der Waals surface area contributed by atoms with Crippen molar-refractivity contribution in [2.24, 2.45) is 5.92 Å². The molecule has 0 spiro atoms. The Balaban J connectivity index is 2.16. The molecule has 100 valence electrons. The molecule has 0 bridgehead atoms. The van der Waals surface area contributed by atoms with Gasteiger partial charge >= 0.3 is 0 Å². The van der Waals surface area contributed by atoms with Crippen molar-refractivity contribution in [3.63, 3.8) is 0 Å². The number of carbonyl (C=O) groups excluding carboxylic acids is 1. The lowest BCUT2D eigenvalue weighted by Crippen LogP contribution is -2.40. The van der Waals surface area contributed by atoms with Crippen LogP contribution in [-0.4, -0.2) is 48.2 Å². The number of nitrogens with zero attached hydrogens (tertiary/aromatic N) is 1. The Labute approximate surface area is 104 Å². The van der Waals surface area contributed by atoms with Gasteiger partial charge in [0.1, 0.15) is 0 Å². The van der Waals surface area contributed by atoms with Gasteiger partial charge in [0.15, 0.2) is 0 Å². The third kappa shape index (κ3) is 5.04. The number of likely N-dealkylation sites (N-methyl/N-ethyl adjacent to an activating group) is 1. The van der Waals surface area contributed by atoms with E-state index in [-0.39, 0.29) is 12.0 Å². The molecule has 0 aromatic heterocycles. The average Bonchev–Trinajstić information content (AvgIpc) is 2.30. The Hall–Kier alpha value is -0.610. The zero-order valence-corrected chi connectivity index (χ0v) is 11.1. The van der Waals surface area contributed by atoms with Crippen LogP contribution in [0.15, 0.2) is 0 Å². The Morgan fingerprint density at radius 3 is 2.65 bits per heavy atom. The number of hydrogen-bond acceptors (Lipinski definition) is 3. The van der Waals surface area contributed by atoms with Crippen molar-refractivity contribution in [1.29, 1.82) is 0 Å². The fourth-order valence-electron chi connectivity index (χ4n) is 2.52. The Bertz CT molecular complexity index is 229. The maximum absolute atomic E-state index is 11.7. The van der Waals surface area contributed by atoms with E-state index < -0.39 is 0 Å². The second kappa shape index (κ2) is 7.67. The van der Waals surface area contributed by atoms with E-state index in [2.05, 4.69) is 5.32 Å². The predicted octanol–water partition coefficient (Wildman–Crippen LogP) is 0.995. The van der Waals surface area contributed by atoms with Crippen LogP contribution in [0.25, 0.3) is 0 Å². The van der Waals surface area contributed by atoms with Gasteiger partial charge in [0.05, 0.1) is 12.6 Å². The third-order valence-electron chi connectivity index (χ3n) is 3.58. The van der Waals surface area contributed by atoms with Gasteiger partial charge in [0, 0.05) is 13.1 Å². The highest BCUT2D eigenvalue weighted by Gasteiger charge is 2.20. The Kier molecular flexibility index (Phi) is 6.52. The van der Waals surface area contributed by atoms with Crippen molar-refractivity contribution in [2.75, 3.05) is 26.2 Å². The number of nitrogens with one attached hydrogen (secondary N) is 1. The van der Waals surface area contributed by atoms with Crippen molar-refractivity contribution in [3.05, 3.63) is 0 Å². The Morgan fingerprint density at radius 2 is 2.06 bits per heavy atom. The zero-order valence-electron chi connectivity index (χ0n) is 11.1. The summed E-state index contributed by atoms with van der Waals surface area (Å²) in [6.07, 6.45) is 3.97. The first-order valence-electron chi connectivity index (χ1n) is 6.83. The molecule has 2 unspecified atom stereocenters. The van der Waals surface area contributed by atoms with Gasteiger partial charge < -0.3 is 15.3 Å². The van der Waals surface area contributed by atoms with E-state index in [9.17, 15) is 9.90 Å². The van der Waals surface area contributed by atoms with Crippen LogP contribution >= 0.6 is 0 Å². The highest BCUT2D eigenvalue weighted by atomic mass is 16.3. The molecule has 0 heterocycles. The van der Waals surface area contributed by atoms with Crippen molar-refractivity contribution in [1.82, 2.24) is 10.2 Å². The lowest BCUT2D eigenvalue weighted by atomic mass is 9.87. The van der Waals surface area contributed by atoms with E-state index in [0.717, 1.165) is 38.9 Å². The van der Waals surface area contributed by atoms with Crippen LogP contribution in [0.4, 0.5) is 0 Å². The molecule has 1 rings (SSSR count). The summed E-state index contributed by atoms with van der Waals surface area (Å²) >= 11 is 0. The molecule has 1 saturated carbocycles. The normalized spacial score (nSPS) is 24.6. The van der Waals surface area contributed by atoms with E-state index in [0.29, 0.717) is 12.5 Å². The average molecular weight is 242 g/mol.